The van der Waals surface area contributed by atoms with Gasteiger partial charge < -0.3 is 14.8 Å². The van der Waals surface area contributed by atoms with Gasteiger partial charge in [-0.05, 0) is 43.2 Å². The Morgan fingerprint density at radius 2 is 1.96 bits per heavy atom. The van der Waals surface area contributed by atoms with Gasteiger partial charge in [0.15, 0.2) is 6.61 Å². The van der Waals surface area contributed by atoms with E-state index in [1.165, 1.54) is 24.3 Å². The van der Waals surface area contributed by atoms with Crippen molar-refractivity contribution >= 4 is 23.3 Å². The summed E-state index contributed by atoms with van der Waals surface area (Å²) in [5, 5.41) is 13.4. The van der Waals surface area contributed by atoms with Crippen LogP contribution < -0.4 is 10.1 Å². The van der Waals surface area contributed by atoms with Gasteiger partial charge in [0.1, 0.15) is 5.75 Å². The maximum atomic E-state index is 12.1. The van der Waals surface area contributed by atoms with E-state index in [-0.39, 0.29) is 12.3 Å². The number of amides is 1. The number of nitro benzene ring substituents is 1. The third-order valence-corrected chi connectivity index (χ3v) is 3.84. The largest absolute Gasteiger partial charge is 0.483 e. The molecule has 0 aliphatic rings. The Balaban J connectivity index is 1.92. The highest BCUT2D eigenvalue weighted by Crippen LogP contribution is 2.23. The van der Waals surface area contributed by atoms with Crippen molar-refractivity contribution in [2.75, 3.05) is 18.5 Å². The summed E-state index contributed by atoms with van der Waals surface area (Å²) < 4.78 is 10.6. The summed E-state index contributed by atoms with van der Waals surface area (Å²) in [6.45, 7) is 3.75. The van der Waals surface area contributed by atoms with Gasteiger partial charge in [-0.25, -0.2) is 4.79 Å². The summed E-state index contributed by atoms with van der Waals surface area (Å²) in [5.41, 5.74) is 1.30. The first-order valence-corrected chi connectivity index (χ1v) is 8.85. The molecule has 1 N–H and O–H groups in total. The van der Waals surface area contributed by atoms with Crippen LogP contribution in [0, 0.1) is 17.0 Å². The van der Waals surface area contributed by atoms with Gasteiger partial charge >= 0.3 is 5.97 Å². The molecule has 0 aliphatic heterocycles. The molecule has 0 unspecified atom stereocenters. The predicted molar refractivity (Wildman–Crippen MR) is 104 cm³/mol. The van der Waals surface area contributed by atoms with E-state index in [9.17, 15) is 19.7 Å². The molecule has 148 valence electrons. The predicted octanol–water partition coefficient (Wildman–Crippen LogP) is 3.88. The van der Waals surface area contributed by atoms with Crippen LogP contribution >= 0.6 is 0 Å². The van der Waals surface area contributed by atoms with Crippen molar-refractivity contribution in [2.24, 2.45) is 0 Å². The molecule has 0 radical (unpaired) electrons. The molecule has 2 aromatic carbocycles. The minimum absolute atomic E-state index is 0.0445. The van der Waals surface area contributed by atoms with Crippen LogP contribution in [0.3, 0.4) is 0 Å². The number of nitrogens with zero attached hydrogens (tertiary/aromatic N) is 1. The number of non-ortho nitro benzene ring substituents is 1. The zero-order chi connectivity index (χ0) is 20.5. The fraction of sp³-hybridized carbons (Fsp3) is 0.300. The third-order valence-electron chi connectivity index (χ3n) is 3.84. The first kappa shape index (κ1) is 20.9. The minimum atomic E-state index is -0.496. The van der Waals surface area contributed by atoms with Gasteiger partial charge in [-0.3, -0.25) is 14.9 Å². The van der Waals surface area contributed by atoms with Gasteiger partial charge in [0.05, 0.1) is 17.1 Å². The lowest BCUT2D eigenvalue weighted by Gasteiger charge is -2.10. The van der Waals surface area contributed by atoms with Gasteiger partial charge in [-0.2, -0.15) is 0 Å². The summed E-state index contributed by atoms with van der Waals surface area (Å²) in [4.78, 5) is 34.3. The number of esters is 1. The van der Waals surface area contributed by atoms with Gasteiger partial charge in [0, 0.05) is 17.8 Å². The summed E-state index contributed by atoms with van der Waals surface area (Å²) in [6, 6.07) is 10.6. The zero-order valence-electron chi connectivity index (χ0n) is 15.8. The Hall–Kier alpha value is -3.42. The monoisotopic (exact) mass is 386 g/mol. The van der Waals surface area contributed by atoms with E-state index in [2.05, 4.69) is 5.32 Å². The Kier molecular flexibility index (Phi) is 7.50. The minimum Gasteiger partial charge on any atom is -0.483 e. The molecule has 0 atom stereocenters. The van der Waals surface area contributed by atoms with Crippen molar-refractivity contribution in [2.45, 2.75) is 26.7 Å². The van der Waals surface area contributed by atoms with Crippen LogP contribution in [0.2, 0.25) is 0 Å². The number of nitrogens with one attached hydrogen (secondary N) is 1. The number of hydrogen-bond donors (Lipinski definition) is 1. The van der Waals surface area contributed by atoms with Crippen LogP contribution in [-0.4, -0.2) is 30.0 Å². The lowest BCUT2D eigenvalue weighted by molar-refractivity contribution is -0.384. The molecular weight excluding hydrogens is 364 g/mol. The Morgan fingerprint density at radius 3 is 2.64 bits per heavy atom. The average molecular weight is 386 g/mol. The van der Waals surface area contributed by atoms with E-state index in [0.717, 1.165) is 12.8 Å². The first-order chi connectivity index (χ1) is 13.4. The fourth-order valence-electron chi connectivity index (χ4n) is 2.37. The SMILES string of the molecule is CCCCOC(=O)c1cccc(NC(=O)COc2ccc([N+](=O)[O-])cc2C)c1. The number of nitro groups is 1. The van der Waals surface area contributed by atoms with E-state index < -0.39 is 16.8 Å². The Labute approximate surface area is 162 Å². The van der Waals surface area contributed by atoms with Crippen molar-refractivity contribution in [1.82, 2.24) is 0 Å². The third kappa shape index (κ3) is 6.08. The Bertz CT molecular complexity index is 866. The quantitative estimate of drug-likeness (QED) is 0.303. The van der Waals surface area contributed by atoms with Crippen molar-refractivity contribution in [3.63, 3.8) is 0 Å². The molecular formula is C20H22N2O6. The smallest absolute Gasteiger partial charge is 0.338 e. The molecule has 28 heavy (non-hydrogen) atoms. The summed E-state index contributed by atoms with van der Waals surface area (Å²) in [7, 11) is 0. The van der Waals surface area contributed by atoms with Crippen LogP contribution in [0.25, 0.3) is 0 Å². The van der Waals surface area contributed by atoms with E-state index in [0.29, 0.717) is 29.2 Å². The van der Waals surface area contributed by atoms with E-state index in [4.69, 9.17) is 9.47 Å². The molecule has 0 saturated carbocycles. The number of unbranched alkanes of at least 4 members (excludes halogenated alkanes) is 1. The molecule has 0 aromatic heterocycles. The fourth-order valence-corrected chi connectivity index (χ4v) is 2.37. The molecule has 0 saturated heterocycles. The van der Waals surface area contributed by atoms with E-state index >= 15 is 0 Å². The lowest BCUT2D eigenvalue weighted by Crippen LogP contribution is -2.20. The maximum absolute atomic E-state index is 12.1. The van der Waals surface area contributed by atoms with E-state index in [1.54, 1.807) is 25.1 Å². The number of rotatable bonds is 9. The molecule has 8 heteroatoms. The molecule has 0 bridgehead atoms. The van der Waals surface area contributed by atoms with Crippen molar-refractivity contribution in [1.29, 1.82) is 0 Å². The maximum Gasteiger partial charge on any atom is 0.338 e. The topological polar surface area (TPSA) is 108 Å². The molecule has 1 amide bonds. The number of hydrogen-bond acceptors (Lipinski definition) is 6. The Morgan fingerprint density at radius 1 is 1.18 bits per heavy atom. The van der Waals surface area contributed by atoms with Crippen LogP contribution in [0.5, 0.6) is 5.75 Å². The molecule has 0 fully saturated rings. The number of ether oxygens (including phenoxy) is 2. The standard InChI is InChI=1S/C20H22N2O6/c1-3-4-10-27-20(24)15-6-5-7-16(12-15)21-19(23)13-28-18-9-8-17(22(25)26)11-14(18)2/h5-9,11-12H,3-4,10,13H2,1-2H3,(H,21,23). The van der Waals surface area contributed by atoms with E-state index in [1.807, 2.05) is 6.92 Å². The highest BCUT2D eigenvalue weighted by Gasteiger charge is 2.12. The number of aryl methyl sites for hydroxylation is 1. The number of anilines is 1. The molecule has 8 nitrogen and oxygen atoms in total. The zero-order valence-corrected chi connectivity index (χ0v) is 15.8. The van der Waals surface area contributed by atoms with Crippen LogP contribution in [0.15, 0.2) is 42.5 Å². The van der Waals surface area contributed by atoms with Gasteiger partial charge in [0.2, 0.25) is 0 Å². The second-order valence-corrected chi connectivity index (χ2v) is 6.11. The molecule has 0 aliphatic carbocycles. The second-order valence-electron chi connectivity index (χ2n) is 6.11. The highest BCUT2D eigenvalue weighted by atomic mass is 16.6. The van der Waals surface area contributed by atoms with Gasteiger partial charge in [-0.15, -0.1) is 0 Å². The average Bonchev–Trinajstić information content (AvgIpc) is 2.67. The molecule has 0 spiro atoms. The lowest BCUT2D eigenvalue weighted by atomic mass is 10.2. The van der Waals surface area contributed by atoms with Crippen LogP contribution in [0.1, 0.15) is 35.7 Å². The van der Waals surface area contributed by atoms with Gasteiger partial charge in [-0.1, -0.05) is 19.4 Å². The van der Waals surface area contributed by atoms with Crippen LogP contribution in [0.4, 0.5) is 11.4 Å². The number of benzene rings is 2. The second kappa shape index (κ2) is 10.1. The van der Waals surface area contributed by atoms with Crippen molar-refractivity contribution < 1.29 is 24.0 Å². The summed E-state index contributed by atoms with van der Waals surface area (Å²) in [6.07, 6.45) is 1.72. The molecule has 0 heterocycles. The van der Waals surface area contributed by atoms with Crippen LogP contribution in [-0.2, 0) is 9.53 Å². The number of carbonyl (C=O) groups is 2. The first-order valence-electron chi connectivity index (χ1n) is 8.85. The summed E-state index contributed by atoms with van der Waals surface area (Å²) in [5.74, 6) is -0.481. The summed E-state index contributed by atoms with van der Waals surface area (Å²) >= 11 is 0. The van der Waals surface area contributed by atoms with Gasteiger partial charge in [0.25, 0.3) is 11.6 Å². The highest BCUT2D eigenvalue weighted by molar-refractivity contribution is 5.95. The van der Waals surface area contributed by atoms with Crippen molar-refractivity contribution in [3.05, 3.63) is 63.7 Å². The normalized spacial score (nSPS) is 10.2. The molecule has 2 rings (SSSR count). The van der Waals surface area contributed by atoms with Crippen molar-refractivity contribution in [3.8, 4) is 5.75 Å². The molecule has 2 aromatic rings. The number of carbonyl (C=O) groups excluding carboxylic acids is 2.